The Bertz CT molecular complexity index is 270. The van der Waals surface area contributed by atoms with Crippen molar-refractivity contribution in [3.63, 3.8) is 0 Å². The smallest absolute Gasteiger partial charge is 0.223 e. The predicted octanol–water partition coefficient (Wildman–Crippen LogP) is 1.54. The minimum Gasteiger partial charge on any atom is -0.381 e. The van der Waals surface area contributed by atoms with Crippen LogP contribution in [-0.2, 0) is 14.3 Å². The molecule has 98 valence electrons. The van der Waals surface area contributed by atoms with Gasteiger partial charge in [0, 0.05) is 44.7 Å². The van der Waals surface area contributed by atoms with Gasteiger partial charge in [-0.25, -0.2) is 0 Å². The molecule has 1 unspecified atom stereocenters. The molecule has 0 spiro atoms. The Balaban J connectivity index is 2.18. The van der Waals surface area contributed by atoms with Crippen LogP contribution in [0.2, 0.25) is 0 Å². The number of nitrogens with zero attached hydrogens (tertiary/aromatic N) is 1. The quantitative estimate of drug-likeness (QED) is 0.726. The molecule has 1 atom stereocenters. The second kappa shape index (κ2) is 7.71. The maximum Gasteiger partial charge on any atom is 0.223 e. The highest BCUT2D eigenvalue weighted by Gasteiger charge is 2.25. The predicted molar refractivity (Wildman–Crippen MR) is 68.9 cm³/mol. The molecule has 0 saturated carbocycles. The molecule has 1 saturated heterocycles. The van der Waals surface area contributed by atoms with Gasteiger partial charge in [-0.1, -0.05) is 11.8 Å². The highest BCUT2D eigenvalue weighted by atomic mass is 32.2. The molecule has 0 bridgehead atoms. The molecule has 4 nitrogen and oxygen atoms in total. The molecule has 0 radical (unpaired) electrons. The molecule has 0 aromatic carbocycles. The second-order valence-corrected chi connectivity index (χ2v) is 5.52. The molecule has 1 aliphatic heterocycles. The SMILES string of the molecule is CCOCC1CCN(C(=O)CCSC(C)=O)C1. The zero-order chi connectivity index (χ0) is 12.7. The molecule has 0 N–H and O–H groups in total. The van der Waals surface area contributed by atoms with Gasteiger partial charge in [0.2, 0.25) is 5.91 Å². The summed E-state index contributed by atoms with van der Waals surface area (Å²) in [6.07, 6.45) is 1.50. The number of hydrogen-bond acceptors (Lipinski definition) is 4. The number of carbonyl (C=O) groups excluding carboxylic acids is 2. The Labute approximate surface area is 107 Å². The minimum absolute atomic E-state index is 0.0773. The van der Waals surface area contributed by atoms with Crippen LogP contribution in [0.25, 0.3) is 0 Å². The van der Waals surface area contributed by atoms with E-state index in [1.807, 2.05) is 11.8 Å². The van der Waals surface area contributed by atoms with Crippen molar-refractivity contribution >= 4 is 22.8 Å². The first-order chi connectivity index (χ1) is 8.13. The van der Waals surface area contributed by atoms with Crippen LogP contribution in [0.4, 0.5) is 0 Å². The van der Waals surface area contributed by atoms with Gasteiger partial charge in [0.25, 0.3) is 0 Å². The van der Waals surface area contributed by atoms with Crippen LogP contribution in [0.15, 0.2) is 0 Å². The number of hydrogen-bond donors (Lipinski definition) is 0. The molecule has 0 aliphatic carbocycles. The number of rotatable bonds is 6. The van der Waals surface area contributed by atoms with Crippen molar-refractivity contribution in [1.82, 2.24) is 4.90 Å². The van der Waals surface area contributed by atoms with Crippen LogP contribution in [0.1, 0.15) is 26.7 Å². The normalized spacial score (nSPS) is 19.6. The molecule has 1 fully saturated rings. The summed E-state index contributed by atoms with van der Waals surface area (Å²) in [6.45, 7) is 6.65. The van der Waals surface area contributed by atoms with Gasteiger partial charge in [-0.15, -0.1) is 0 Å². The summed E-state index contributed by atoms with van der Waals surface area (Å²) >= 11 is 1.22. The first-order valence-corrected chi connectivity index (χ1v) is 7.11. The van der Waals surface area contributed by atoms with Crippen molar-refractivity contribution < 1.29 is 14.3 Å². The lowest BCUT2D eigenvalue weighted by Crippen LogP contribution is -2.29. The van der Waals surface area contributed by atoms with Crippen LogP contribution in [0.5, 0.6) is 0 Å². The fourth-order valence-corrected chi connectivity index (χ4v) is 2.48. The van der Waals surface area contributed by atoms with E-state index in [-0.39, 0.29) is 11.0 Å². The van der Waals surface area contributed by atoms with Crippen molar-refractivity contribution in [2.24, 2.45) is 5.92 Å². The van der Waals surface area contributed by atoms with Gasteiger partial charge >= 0.3 is 0 Å². The number of ether oxygens (including phenoxy) is 1. The highest BCUT2D eigenvalue weighted by molar-refractivity contribution is 8.13. The Kier molecular flexibility index (Phi) is 6.58. The average molecular weight is 259 g/mol. The van der Waals surface area contributed by atoms with E-state index >= 15 is 0 Å². The zero-order valence-corrected chi connectivity index (χ0v) is 11.4. The molecule has 0 aromatic rings. The minimum atomic E-state index is 0.0773. The standard InChI is InChI=1S/C12H21NO3S/c1-3-16-9-11-4-6-13(8-11)12(15)5-7-17-10(2)14/h11H,3-9H2,1-2H3. The summed E-state index contributed by atoms with van der Waals surface area (Å²) in [5.74, 6) is 1.25. The largest absolute Gasteiger partial charge is 0.381 e. The van der Waals surface area contributed by atoms with Crippen LogP contribution in [0, 0.1) is 5.92 Å². The Morgan fingerprint density at radius 1 is 1.47 bits per heavy atom. The molecule has 0 aromatic heterocycles. The summed E-state index contributed by atoms with van der Waals surface area (Å²) in [7, 11) is 0. The van der Waals surface area contributed by atoms with E-state index in [1.54, 1.807) is 0 Å². The number of likely N-dealkylation sites (tertiary alicyclic amines) is 1. The molecule has 1 aliphatic rings. The average Bonchev–Trinajstić information content (AvgIpc) is 2.74. The third kappa shape index (κ3) is 5.55. The van der Waals surface area contributed by atoms with E-state index in [9.17, 15) is 9.59 Å². The summed E-state index contributed by atoms with van der Waals surface area (Å²) < 4.78 is 5.37. The van der Waals surface area contributed by atoms with Crippen molar-refractivity contribution in [2.45, 2.75) is 26.7 Å². The summed E-state index contributed by atoms with van der Waals surface area (Å²) in [5.41, 5.74) is 0. The topological polar surface area (TPSA) is 46.6 Å². The zero-order valence-electron chi connectivity index (χ0n) is 10.6. The Morgan fingerprint density at radius 2 is 2.24 bits per heavy atom. The van der Waals surface area contributed by atoms with Gasteiger partial charge in [0.15, 0.2) is 5.12 Å². The van der Waals surface area contributed by atoms with Crippen molar-refractivity contribution in [3.8, 4) is 0 Å². The van der Waals surface area contributed by atoms with E-state index in [0.29, 0.717) is 18.1 Å². The molecule has 1 heterocycles. The maximum atomic E-state index is 11.8. The van der Waals surface area contributed by atoms with Gasteiger partial charge in [0.05, 0.1) is 6.61 Å². The lowest BCUT2D eigenvalue weighted by molar-refractivity contribution is -0.129. The van der Waals surface area contributed by atoms with Gasteiger partial charge in [-0.2, -0.15) is 0 Å². The van der Waals surface area contributed by atoms with Gasteiger partial charge in [-0.05, 0) is 13.3 Å². The van der Waals surface area contributed by atoms with Crippen LogP contribution >= 0.6 is 11.8 Å². The summed E-state index contributed by atoms with van der Waals surface area (Å²) in [4.78, 5) is 24.4. The summed E-state index contributed by atoms with van der Waals surface area (Å²) in [6, 6.07) is 0. The molecule has 17 heavy (non-hydrogen) atoms. The third-order valence-electron chi connectivity index (χ3n) is 2.82. The first kappa shape index (κ1) is 14.5. The third-order valence-corrected chi connectivity index (χ3v) is 3.63. The van der Waals surface area contributed by atoms with E-state index < -0.39 is 0 Å². The van der Waals surface area contributed by atoms with Crippen molar-refractivity contribution in [2.75, 3.05) is 32.1 Å². The lowest BCUT2D eigenvalue weighted by Gasteiger charge is -2.16. The van der Waals surface area contributed by atoms with E-state index in [2.05, 4.69) is 0 Å². The first-order valence-electron chi connectivity index (χ1n) is 6.12. The molecule has 1 rings (SSSR count). The number of thioether (sulfide) groups is 1. The van der Waals surface area contributed by atoms with E-state index in [1.165, 1.54) is 18.7 Å². The Morgan fingerprint density at radius 3 is 2.88 bits per heavy atom. The number of amides is 1. The summed E-state index contributed by atoms with van der Waals surface area (Å²) in [5, 5.41) is 0.0773. The van der Waals surface area contributed by atoms with Crippen molar-refractivity contribution in [3.05, 3.63) is 0 Å². The number of carbonyl (C=O) groups is 2. The monoisotopic (exact) mass is 259 g/mol. The molecular weight excluding hydrogens is 238 g/mol. The van der Waals surface area contributed by atoms with Gasteiger partial charge in [-0.3, -0.25) is 9.59 Å². The van der Waals surface area contributed by atoms with E-state index in [4.69, 9.17) is 4.74 Å². The Hall–Kier alpha value is -0.550. The van der Waals surface area contributed by atoms with Crippen LogP contribution in [0.3, 0.4) is 0 Å². The fraction of sp³-hybridized carbons (Fsp3) is 0.833. The molecule has 5 heteroatoms. The highest BCUT2D eigenvalue weighted by Crippen LogP contribution is 2.18. The molecule has 1 amide bonds. The van der Waals surface area contributed by atoms with Crippen LogP contribution in [-0.4, -0.2) is 48.0 Å². The van der Waals surface area contributed by atoms with Gasteiger partial charge < -0.3 is 9.64 Å². The van der Waals surface area contributed by atoms with Gasteiger partial charge in [0.1, 0.15) is 0 Å². The van der Waals surface area contributed by atoms with E-state index in [0.717, 1.165) is 32.7 Å². The lowest BCUT2D eigenvalue weighted by atomic mass is 10.1. The van der Waals surface area contributed by atoms with Crippen LogP contribution < -0.4 is 0 Å². The maximum absolute atomic E-state index is 11.8. The second-order valence-electron chi connectivity index (χ2n) is 4.24. The molecular formula is C12H21NO3S. The van der Waals surface area contributed by atoms with Crippen molar-refractivity contribution in [1.29, 1.82) is 0 Å². The fourth-order valence-electron chi connectivity index (χ4n) is 1.92.